The SMILES string of the molecule is CC/C=C\C/C=C\C/C=C\C/C=C\C/C=C\CCCC(=O)OC(COC(=O)CCCCC)COP(=O)(O)OCCN. The molecule has 0 saturated carbocycles. The Balaban J connectivity index is 4.33. The van der Waals surface area contributed by atoms with Crippen molar-refractivity contribution in [1.82, 2.24) is 0 Å². The smallest absolute Gasteiger partial charge is 0.462 e. The molecule has 10 heteroatoms. The van der Waals surface area contributed by atoms with Crippen molar-refractivity contribution in [2.75, 3.05) is 26.4 Å². The lowest BCUT2D eigenvalue weighted by Gasteiger charge is -2.19. The molecule has 2 atom stereocenters. The van der Waals surface area contributed by atoms with Gasteiger partial charge in [0.1, 0.15) is 6.61 Å². The minimum atomic E-state index is -4.37. The molecule has 0 fully saturated rings. The number of esters is 2. The highest BCUT2D eigenvalue weighted by Gasteiger charge is 2.25. The molecule has 9 nitrogen and oxygen atoms in total. The number of phosphoric acid groups is 1. The van der Waals surface area contributed by atoms with Crippen LogP contribution in [-0.2, 0) is 32.7 Å². The monoisotopic (exact) mass is 597 g/mol. The fourth-order valence-electron chi connectivity index (χ4n) is 3.25. The van der Waals surface area contributed by atoms with E-state index in [1.165, 1.54) is 0 Å². The summed E-state index contributed by atoms with van der Waals surface area (Å²) < 4.78 is 32.0. The van der Waals surface area contributed by atoms with Gasteiger partial charge in [-0.25, -0.2) is 4.57 Å². The fourth-order valence-corrected chi connectivity index (χ4v) is 4.02. The van der Waals surface area contributed by atoms with Gasteiger partial charge < -0.3 is 20.1 Å². The summed E-state index contributed by atoms with van der Waals surface area (Å²) in [6, 6.07) is 0. The second kappa shape index (κ2) is 27.9. The van der Waals surface area contributed by atoms with Crippen molar-refractivity contribution in [1.29, 1.82) is 0 Å². The number of rotatable bonds is 26. The predicted octanol–water partition coefficient (Wildman–Crippen LogP) is 7.04. The number of carbonyl (C=O) groups is 2. The summed E-state index contributed by atoms with van der Waals surface area (Å²) in [5.41, 5.74) is 5.27. The summed E-state index contributed by atoms with van der Waals surface area (Å²) >= 11 is 0. The maximum atomic E-state index is 12.3. The van der Waals surface area contributed by atoms with Gasteiger partial charge in [-0.1, -0.05) is 87.4 Å². The molecule has 0 aromatic carbocycles. The highest BCUT2D eigenvalue weighted by molar-refractivity contribution is 7.47. The largest absolute Gasteiger partial charge is 0.472 e. The normalized spacial score (nSPS) is 14.5. The van der Waals surface area contributed by atoms with E-state index in [9.17, 15) is 19.0 Å². The number of ether oxygens (including phenoxy) is 2. The number of carbonyl (C=O) groups excluding carboxylic acids is 2. The Bertz CT molecular complexity index is 866. The summed E-state index contributed by atoms with van der Waals surface area (Å²) in [4.78, 5) is 34.0. The molecule has 0 aromatic rings. The van der Waals surface area contributed by atoms with E-state index in [4.69, 9.17) is 19.7 Å². The molecular formula is C31H52NO8P. The predicted molar refractivity (Wildman–Crippen MR) is 164 cm³/mol. The third-order valence-electron chi connectivity index (χ3n) is 5.42. The Morgan fingerprint density at radius 2 is 1.32 bits per heavy atom. The molecule has 0 aliphatic rings. The second-order valence-electron chi connectivity index (χ2n) is 9.24. The van der Waals surface area contributed by atoms with Gasteiger partial charge >= 0.3 is 19.8 Å². The van der Waals surface area contributed by atoms with Crippen LogP contribution in [0.3, 0.4) is 0 Å². The van der Waals surface area contributed by atoms with Gasteiger partial charge in [-0.2, -0.15) is 0 Å². The first-order valence-corrected chi connectivity index (χ1v) is 16.3. The zero-order valence-electron chi connectivity index (χ0n) is 25.0. The Morgan fingerprint density at radius 3 is 1.88 bits per heavy atom. The van der Waals surface area contributed by atoms with E-state index in [2.05, 4.69) is 60.1 Å². The lowest BCUT2D eigenvalue weighted by molar-refractivity contribution is -0.161. The lowest BCUT2D eigenvalue weighted by atomic mass is 10.2. The molecule has 0 bridgehead atoms. The van der Waals surface area contributed by atoms with Crippen LogP contribution in [0.25, 0.3) is 0 Å². The van der Waals surface area contributed by atoms with Crippen LogP contribution in [0.4, 0.5) is 0 Å². The van der Waals surface area contributed by atoms with Crippen LogP contribution in [-0.4, -0.2) is 49.3 Å². The molecular weight excluding hydrogens is 545 g/mol. The Labute approximate surface area is 247 Å². The van der Waals surface area contributed by atoms with Crippen molar-refractivity contribution >= 4 is 19.8 Å². The molecule has 0 saturated heterocycles. The topological polar surface area (TPSA) is 134 Å². The number of phosphoric ester groups is 1. The molecule has 0 radical (unpaired) electrons. The number of allylic oxidation sites excluding steroid dienone is 10. The quantitative estimate of drug-likeness (QED) is 0.0466. The van der Waals surface area contributed by atoms with Crippen LogP contribution in [0, 0.1) is 0 Å². The molecule has 41 heavy (non-hydrogen) atoms. The van der Waals surface area contributed by atoms with E-state index in [1.807, 2.05) is 19.1 Å². The average molecular weight is 598 g/mol. The zero-order chi connectivity index (χ0) is 30.4. The molecule has 0 amide bonds. The number of unbranched alkanes of at least 4 members (excludes halogenated alkanes) is 3. The molecule has 0 aliphatic heterocycles. The van der Waals surface area contributed by atoms with E-state index in [0.717, 1.165) is 44.9 Å². The zero-order valence-corrected chi connectivity index (χ0v) is 25.9. The summed E-state index contributed by atoms with van der Waals surface area (Å²) in [5, 5.41) is 0. The molecule has 234 valence electrons. The van der Waals surface area contributed by atoms with Crippen molar-refractivity contribution in [3.63, 3.8) is 0 Å². The third kappa shape index (κ3) is 27.6. The van der Waals surface area contributed by atoms with Crippen molar-refractivity contribution in [3.05, 3.63) is 60.8 Å². The van der Waals surface area contributed by atoms with Gasteiger partial charge in [-0.15, -0.1) is 0 Å². The first-order valence-electron chi connectivity index (χ1n) is 14.8. The highest BCUT2D eigenvalue weighted by Crippen LogP contribution is 2.43. The number of nitrogens with two attached hydrogens (primary N) is 1. The first kappa shape index (κ1) is 38.7. The van der Waals surface area contributed by atoms with Gasteiger partial charge in [0.05, 0.1) is 13.2 Å². The molecule has 2 unspecified atom stereocenters. The summed E-state index contributed by atoms with van der Waals surface area (Å²) in [5.74, 6) is -0.937. The van der Waals surface area contributed by atoms with Crippen molar-refractivity contribution in [3.8, 4) is 0 Å². The van der Waals surface area contributed by atoms with Gasteiger partial charge in [0.2, 0.25) is 0 Å². The molecule has 0 aromatic heterocycles. The third-order valence-corrected chi connectivity index (χ3v) is 6.40. The van der Waals surface area contributed by atoms with Gasteiger partial charge in [0.25, 0.3) is 0 Å². The maximum absolute atomic E-state index is 12.3. The van der Waals surface area contributed by atoms with Crippen LogP contribution >= 0.6 is 7.82 Å². The molecule has 0 rings (SSSR count). The number of hydrogen-bond donors (Lipinski definition) is 2. The van der Waals surface area contributed by atoms with Crippen LogP contribution in [0.5, 0.6) is 0 Å². The van der Waals surface area contributed by atoms with E-state index in [0.29, 0.717) is 19.3 Å². The van der Waals surface area contributed by atoms with E-state index >= 15 is 0 Å². The average Bonchev–Trinajstić information content (AvgIpc) is 2.95. The number of hydrogen-bond acceptors (Lipinski definition) is 8. The Hall–Kier alpha value is -2.29. The van der Waals surface area contributed by atoms with Crippen molar-refractivity contribution in [2.24, 2.45) is 5.73 Å². The van der Waals surface area contributed by atoms with E-state index in [-0.39, 0.29) is 32.6 Å². The van der Waals surface area contributed by atoms with E-state index in [1.54, 1.807) is 0 Å². The summed E-state index contributed by atoms with van der Waals surface area (Å²) in [7, 11) is -4.37. The molecule has 3 N–H and O–H groups in total. The minimum Gasteiger partial charge on any atom is -0.462 e. The summed E-state index contributed by atoms with van der Waals surface area (Å²) in [6.45, 7) is 3.30. The van der Waals surface area contributed by atoms with E-state index < -0.39 is 32.5 Å². The van der Waals surface area contributed by atoms with Gasteiger partial charge in [-0.3, -0.25) is 18.6 Å². The first-order chi connectivity index (χ1) is 19.8. The van der Waals surface area contributed by atoms with Crippen LogP contribution in [0.1, 0.15) is 90.9 Å². The van der Waals surface area contributed by atoms with Crippen molar-refractivity contribution in [2.45, 2.75) is 97.0 Å². The van der Waals surface area contributed by atoms with Crippen LogP contribution in [0.2, 0.25) is 0 Å². The fraction of sp³-hybridized carbons (Fsp3) is 0.613. The molecule has 0 spiro atoms. The van der Waals surface area contributed by atoms with Crippen LogP contribution < -0.4 is 5.73 Å². The van der Waals surface area contributed by atoms with Gasteiger partial charge in [0, 0.05) is 19.4 Å². The van der Waals surface area contributed by atoms with Gasteiger partial charge in [-0.05, 0) is 51.4 Å². The Morgan fingerprint density at radius 1 is 0.756 bits per heavy atom. The lowest BCUT2D eigenvalue weighted by Crippen LogP contribution is -2.29. The molecule has 0 aliphatic carbocycles. The van der Waals surface area contributed by atoms with Gasteiger partial charge in [0.15, 0.2) is 6.10 Å². The highest BCUT2D eigenvalue weighted by atomic mass is 31.2. The standard InChI is InChI=1S/C31H52NO8P/c1-3-5-7-8-9-10-11-12-13-14-15-16-17-18-19-20-22-24-31(34)40-29(27-37-30(33)23-21-6-4-2)28-39-41(35,36)38-26-25-32/h5,7,9-10,12-13,15-16,18-19,29H,3-4,6,8,11,14,17,20-28,32H2,1-2H3,(H,35,36)/b7-5-,10-9-,13-12-,16-15-,19-18-. The van der Waals surface area contributed by atoms with Crippen LogP contribution in [0.15, 0.2) is 60.8 Å². The molecule has 0 heterocycles. The van der Waals surface area contributed by atoms with Crippen molar-refractivity contribution < 1.29 is 37.6 Å². The summed E-state index contributed by atoms with van der Waals surface area (Å²) in [6.07, 6.45) is 29.2. The minimum absolute atomic E-state index is 0.0413. The Kier molecular flexibility index (Phi) is 26.3. The maximum Gasteiger partial charge on any atom is 0.472 e. The second-order valence-corrected chi connectivity index (χ2v) is 10.7.